The average molecular weight is 186 g/mol. The topological polar surface area (TPSA) is 41.1 Å². The predicted molar refractivity (Wildman–Crippen MR) is 55.6 cm³/mol. The van der Waals surface area contributed by atoms with Crippen molar-refractivity contribution >= 4 is 5.91 Å². The number of hydrogen-bond donors (Lipinski definition) is 2. The highest BCUT2D eigenvalue weighted by atomic mass is 16.1. The van der Waals surface area contributed by atoms with E-state index >= 15 is 0 Å². The first-order chi connectivity index (χ1) is 5.81. The maximum absolute atomic E-state index is 10.6. The fourth-order valence-electron chi connectivity index (χ4n) is 0.871. The van der Waals surface area contributed by atoms with Gasteiger partial charge < -0.3 is 10.6 Å². The number of carbonyl (C=O) groups excluding carboxylic acids is 1. The smallest absolute Gasteiger partial charge is 0.216 e. The van der Waals surface area contributed by atoms with Crippen LogP contribution in [0.1, 0.15) is 34.6 Å². The van der Waals surface area contributed by atoms with E-state index in [9.17, 15) is 4.79 Å². The van der Waals surface area contributed by atoms with E-state index in [2.05, 4.69) is 38.3 Å². The van der Waals surface area contributed by atoms with Gasteiger partial charge in [0.15, 0.2) is 0 Å². The van der Waals surface area contributed by atoms with E-state index in [0.29, 0.717) is 5.92 Å². The maximum atomic E-state index is 10.6. The Morgan fingerprint density at radius 2 is 1.85 bits per heavy atom. The van der Waals surface area contributed by atoms with E-state index in [1.807, 2.05) is 0 Å². The normalized spacial score (nSPS) is 13.9. The summed E-state index contributed by atoms with van der Waals surface area (Å²) in [6.07, 6.45) is 0. The minimum atomic E-state index is 0.0441. The van der Waals surface area contributed by atoms with Crippen LogP contribution in [0.4, 0.5) is 0 Å². The van der Waals surface area contributed by atoms with Crippen molar-refractivity contribution in [3.63, 3.8) is 0 Å². The van der Waals surface area contributed by atoms with Gasteiger partial charge in [0.05, 0.1) is 0 Å². The molecule has 0 rings (SSSR count). The summed E-state index contributed by atoms with van der Waals surface area (Å²) in [4.78, 5) is 10.6. The highest BCUT2D eigenvalue weighted by Gasteiger charge is 2.10. The van der Waals surface area contributed by atoms with Crippen LogP contribution in [0, 0.1) is 5.92 Å². The largest absolute Gasteiger partial charge is 0.356 e. The van der Waals surface area contributed by atoms with Crippen LogP contribution in [-0.4, -0.2) is 24.5 Å². The van der Waals surface area contributed by atoms with Crippen molar-refractivity contribution in [3.8, 4) is 0 Å². The lowest BCUT2D eigenvalue weighted by Gasteiger charge is -2.23. The van der Waals surface area contributed by atoms with E-state index < -0.39 is 0 Å². The van der Waals surface area contributed by atoms with Crippen molar-refractivity contribution in [3.05, 3.63) is 0 Å². The van der Waals surface area contributed by atoms with E-state index in [1.54, 1.807) is 6.92 Å². The molecule has 1 atom stereocenters. The summed E-state index contributed by atoms with van der Waals surface area (Å²) in [5.41, 5.74) is 0.157. The quantitative estimate of drug-likeness (QED) is 0.691. The Hall–Kier alpha value is -0.570. The van der Waals surface area contributed by atoms with Crippen molar-refractivity contribution < 1.29 is 4.79 Å². The summed E-state index contributed by atoms with van der Waals surface area (Å²) in [5, 5.41) is 6.20. The van der Waals surface area contributed by atoms with Crippen LogP contribution in [0.15, 0.2) is 0 Å². The second-order valence-electron chi connectivity index (χ2n) is 4.67. The Kier molecular flexibility index (Phi) is 4.99. The molecule has 2 N–H and O–H groups in total. The molecule has 0 saturated heterocycles. The standard InChI is InChI=1S/C10H22N2O/c1-8(6-11-9(2)13)7-12-10(3,4)5/h8,12H,6-7H2,1-5H3,(H,11,13). The summed E-state index contributed by atoms with van der Waals surface area (Å²) >= 11 is 0. The molecule has 0 aromatic rings. The molecule has 0 spiro atoms. The molecule has 78 valence electrons. The molecule has 1 unspecified atom stereocenters. The van der Waals surface area contributed by atoms with Gasteiger partial charge in [-0.15, -0.1) is 0 Å². The van der Waals surface area contributed by atoms with Crippen LogP contribution < -0.4 is 10.6 Å². The Bertz CT molecular complexity index is 161. The monoisotopic (exact) mass is 186 g/mol. The third-order valence-electron chi connectivity index (χ3n) is 1.68. The van der Waals surface area contributed by atoms with E-state index in [4.69, 9.17) is 0 Å². The van der Waals surface area contributed by atoms with Crippen LogP contribution in [0.2, 0.25) is 0 Å². The van der Waals surface area contributed by atoms with Gasteiger partial charge in [-0.2, -0.15) is 0 Å². The second kappa shape index (κ2) is 5.22. The van der Waals surface area contributed by atoms with Gasteiger partial charge in [0.25, 0.3) is 0 Å². The maximum Gasteiger partial charge on any atom is 0.216 e. The summed E-state index contributed by atoms with van der Waals surface area (Å²) in [6, 6.07) is 0. The average Bonchev–Trinajstić information content (AvgIpc) is 1.95. The van der Waals surface area contributed by atoms with Gasteiger partial charge in [0.2, 0.25) is 5.91 Å². The molecular formula is C10H22N2O. The van der Waals surface area contributed by atoms with Gasteiger partial charge in [-0.25, -0.2) is 0 Å². The molecule has 3 heteroatoms. The summed E-state index contributed by atoms with van der Waals surface area (Å²) in [5.74, 6) is 0.519. The number of rotatable bonds is 4. The first-order valence-corrected chi connectivity index (χ1v) is 4.81. The Balaban J connectivity index is 3.52. The van der Waals surface area contributed by atoms with E-state index in [-0.39, 0.29) is 11.4 Å². The lowest BCUT2D eigenvalue weighted by atomic mass is 10.1. The van der Waals surface area contributed by atoms with Gasteiger partial charge >= 0.3 is 0 Å². The molecule has 0 aromatic carbocycles. The summed E-state index contributed by atoms with van der Waals surface area (Å²) < 4.78 is 0. The Labute approximate surface area is 81.3 Å². The van der Waals surface area contributed by atoms with Crippen molar-refractivity contribution in [2.24, 2.45) is 5.92 Å². The lowest BCUT2D eigenvalue weighted by Crippen LogP contribution is -2.41. The zero-order valence-corrected chi connectivity index (χ0v) is 9.40. The molecule has 0 aliphatic rings. The van der Waals surface area contributed by atoms with Gasteiger partial charge in [-0.05, 0) is 33.2 Å². The summed E-state index contributed by atoms with van der Waals surface area (Å²) in [7, 11) is 0. The minimum absolute atomic E-state index is 0.0441. The first-order valence-electron chi connectivity index (χ1n) is 4.81. The lowest BCUT2D eigenvalue weighted by molar-refractivity contribution is -0.119. The van der Waals surface area contributed by atoms with Crippen LogP contribution >= 0.6 is 0 Å². The number of hydrogen-bond acceptors (Lipinski definition) is 2. The highest BCUT2D eigenvalue weighted by molar-refractivity contribution is 5.72. The molecule has 0 aliphatic heterocycles. The van der Waals surface area contributed by atoms with E-state index in [0.717, 1.165) is 13.1 Å². The molecule has 1 amide bonds. The Morgan fingerprint density at radius 1 is 1.31 bits per heavy atom. The molecule has 0 radical (unpaired) electrons. The summed E-state index contributed by atoms with van der Waals surface area (Å²) in [6.45, 7) is 11.8. The SMILES string of the molecule is CC(=O)NCC(C)CNC(C)(C)C. The van der Waals surface area contributed by atoms with Crippen LogP contribution in [0.3, 0.4) is 0 Å². The van der Waals surface area contributed by atoms with E-state index in [1.165, 1.54) is 0 Å². The van der Waals surface area contributed by atoms with Crippen molar-refractivity contribution in [1.82, 2.24) is 10.6 Å². The molecule has 13 heavy (non-hydrogen) atoms. The van der Waals surface area contributed by atoms with Crippen LogP contribution in [0.5, 0.6) is 0 Å². The van der Waals surface area contributed by atoms with Crippen molar-refractivity contribution in [2.75, 3.05) is 13.1 Å². The van der Waals surface area contributed by atoms with Gasteiger partial charge in [0.1, 0.15) is 0 Å². The zero-order valence-electron chi connectivity index (χ0n) is 9.40. The molecule has 3 nitrogen and oxygen atoms in total. The van der Waals surface area contributed by atoms with Crippen molar-refractivity contribution in [1.29, 1.82) is 0 Å². The van der Waals surface area contributed by atoms with Crippen LogP contribution in [0.25, 0.3) is 0 Å². The minimum Gasteiger partial charge on any atom is -0.356 e. The fourth-order valence-corrected chi connectivity index (χ4v) is 0.871. The molecule has 0 heterocycles. The zero-order chi connectivity index (χ0) is 10.5. The molecule has 0 aromatic heterocycles. The highest BCUT2D eigenvalue weighted by Crippen LogP contribution is 2.00. The molecule has 0 bridgehead atoms. The number of amides is 1. The van der Waals surface area contributed by atoms with Crippen molar-refractivity contribution in [2.45, 2.75) is 40.2 Å². The predicted octanol–water partition coefficient (Wildman–Crippen LogP) is 1.15. The van der Waals surface area contributed by atoms with Gasteiger partial charge in [-0.3, -0.25) is 4.79 Å². The second-order valence-corrected chi connectivity index (χ2v) is 4.67. The molecular weight excluding hydrogens is 164 g/mol. The van der Waals surface area contributed by atoms with Gasteiger partial charge in [-0.1, -0.05) is 6.92 Å². The first kappa shape index (κ1) is 12.4. The molecule has 0 saturated carbocycles. The Morgan fingerprint density at radius 3 is 2.23 bits per heavy atom. The third kappa shape index (κ3) is 9.34. The van der Waals surface area contributed by atoms with Gasteiger partial charge in [0, 0.05) is 19.0 Å². The molecule has 0 fully saturated rings. The van der Waals surface area contributed by atoms with Crippen LogP contribution in [-0.2, 0) is 4.79 Å². The molecule has 0 aliphatic carbocycles. The number of nitrogens with one attached hydrogen (secondary N) is 2. The number of carbonyl (C=O) groups is 1. The third-order valence-corrected chi connectivity index (χ3v) is 1.68. The fraction of sp³-hybridized carbons (Fsp3) is 0.900.